The Kier molecular flexibility index (Phi) is 3.56. The standard InChI is InChI=1S/C15H17N5O2/c1-2-5-11(6-3-1)10-20-14(16-18-19-20)13-9-12-7-4-8-21-15(12)22-17-13/h1-3,5-6,12,15H,4,7-10H2. The van der Waals surface area contributed by atoms with E-state index in [9.17, 15) is 0 Å². The van der Waals surface area contributed by atoms with Crippen LogP contribution in [0.15, 0.2) is 35.5 Å². The first-order valence-electron chi connectivity index (χ1n) is 7.55. The second-order valence-corrected chi connectivity index (χ2v) is 5.63. The third-order valence-electron chi connectivity index (χ3n) is 4.07. The summed E-state index contributed by atoms with van der Waals surface area (Å²) < 4.78 is 7.35. The molecule has 0 amide bonds. The molecule has 1 aromatic heterocycles. The zero-order valence-electron chi connectivity index (χ0n) is 12.1. The molecule has 0 saturated carbocycles. The summed E-state index contributed by atoms with van der Waals surface area (Å²) in [7, 11) is 0. The number of fused-ring (bicyclic) bond motifs is 1. The number of aromatic nitrogens is 4. The molecule has 2 aromatic rings. The third kappa shape index (κ3) is 2.59. The summed E-state index contributed by atoms with van der Waals surface area (Å²) in [6.07, 6.45) is 2.73. The lowest BCUT2D eigenvalue weighted by atomic mass is 9.93. The largest absolute Gasteiger partial charge is 0.363 e. The van der Waals surface area contributed by atoms with Crippen LogP contribution in [0.1, 0.15) is 30.7 Å². The van der Waals surface area contributed by atoms with Gasteiger partial charge in [0.25, 0.3) is 0 Å². The predicted molar refractivity (Wildman–Crippen MR) is 78.1 cm³/mol. The highest BCUT2D eigenvalue weighted by atomic mass is 16.8. The quantitative estimate of drug-likeness (QED) is 0.860. The van der Waals surface area contributed by atoms with Crippen LogP contribution < -0.4 is 0 Å². The van der Waals surface area contributed by atoms with Crippen LogP contribution in [0.25, 0.3) is 0 Å². The fraction of sp³-hybridized carbons (Fsp3) is 0.467. The first kappa shape index (κ1) is 13.4. The van der Waals surface area contributed by atoms with Gasteiger partial charge in [0, 0.05) is 12.3 Å². The van der Waals surface area contributed by atoms with Crippen molar-refractivity contribution in [1.82, 2.24) is 20.2 Å². The first-order chi connectivity index (χ1) is 10.9. The highest BCUT2D eigenvalue weighted by molar-refractivity contribution is 5.97. The summed E-state index contributed by atoms with van der Waals surface area (Å²) in [5.41, 5.74) is 1.94. The summed E-state index contributed by atoms with van der Waals surface area (Å²) in [6.45, 7) is 1.37. The molecule has 2 atom stereocenters. The van der Waals surface area contributed by atoms with Crippen molar-refractivity contribution >= 4 is 5.71 Å². The zero-order valence-corrected chi connectivity index (χ0v) is 12.1. The van der Waals surface area contributed by atoms with Crippen LogP contribution in [0.2, 0.25) is 0 Å². The molecule has 22 heavy (non-hydrogen) atoms. The molecular formula is C15H17N5O2. The second-order valence-electron chi connectivity index (χ2n) is 5.63. The van der Waals surface area contributed by atoms with Gasteiger partial charge in [0.05, 0.1) is 13.2 Å². The minimum absolute atomic E-state index is 0.212. The molecule has 0 N–H and O–H groups in total. The summed E-state index contributed by atoms with van der Waals surface area (Å²) in [5, 5.41) is 16.2. The fourth-order valence-electron chi connectivity index (χ4n) is 2.94. The fourth-order valence-corrected chi connectivity index (χ4v) is 2.94. The van der Waals surface area contributed by atoms with Crippen LogP contribution in [0.5, 0.6) is 0 Å². The summed E-state index contributed by atoms with van der Waals surface area (Å²) in [6, 6.07) is 10.1. The van der Waals surface area contributed by atoms with E-state index in [4.69, 9.17) is 9.57 Å². The van der Waals surface area contributed by atoms with Crippen molar-refractivity contribution in [3.63, 3.8) is 0 Å². The van der Waals surface area contributed by atoms with Gasteiger partial charge >= 0.3 is 0 Å². The number of hydrogen-bond acceptors (Lipinski definition) is 6. The van der Waals surface area contributed by atoms with Gasteiger partial charge in [-0.05, 0) is 28.8 Å². The molecule has 2 unspecified atom stereocenters. The van der Waals surface area contributed by atoms with E-state index in [-0.39, 0.29) is 6.29 Å². The van der Waals surface area contributed by atoms with E-state index in [0.717, 1.165) is 37.1 Å². The number of tetrazole rings is 1. The monoisotopic (exact) mass is 299 g/mol. The molecule has 0 radical (unpaired) electrons. The van der Waals surface area contributed by atoms with Gasteiger partial charge < -0.3 is 9.57 Å². The Morgan fingerprint density at radius 1 is 1.23 bits per heavy atom. The maximum atomic E-state index is 5.59. The van der Waals surface area contributed by atoms with Gasteiger partial charge in [-0.15, -0.1) is 5.10 Å². The van der Waals surface area contributed by atoms with Crippen LogP contribution in [0.4, 0.5) is 0 Å². The smallest absolute Gasteiger partial charge is 0.230 e. The zero-order chi connectivity index (χ0) is 14.8. The maximum Gasteiger partial charge on any atom is 0.230 e. The second kappa shape index (κ2) is 5.84. The van der Waals surface area contributed by atoms with Gasteiger partial charge in [0.1, 0.15) is 5.71 Å². The van der Waals surface area contributed by atoms with Crippen LogP contribution in [0, 0.1) is 5.92 Å². The third-order valence-corrected chi connectivity index (χ3v) is 4.07. The van der Waals surface area contributed by atoms with Gasteiger partial charge in [-0.25, -0.2) is 4.68 Å². The average molecular weight is 299 g/mol. The van der Waals surface area contributed by atoms with Gasteiger partial charge in [0.2, 0.25) is 6.29 Å². The van der Waals surface area contributed by atoms with E-state index in [1.54, 1.807) is 4.68 Å². The lowest BCUT2D eigenvalue weighted by molar-refractivity contribution is -0.198. The van der Waals surface area contributed by atoms with Gasteiger partial charge in [0.15, 0.2) is 5.82 Å². The predicted octanol–water partition coefficient (Wildman–Crippen LogP) is 1.60. The van der Waals surface area contributed by atoms with E-state index in [1.807, 2.05) is 18.2 Å². The Bertz CT molecular complexity index is 670. The molecule has 3 heterocycles. The summed E-state index contributed by atoms with van der Waals surface area (Å²) in [5.74, 6) is 1.01. The maximum absolute atomic E-state index is 5.59. The molecule has 0 bridgehead atoms. The van der Waals surface area contributed by atoms with E-state index in [2.05, 4.69) is 32.8 Å². The number of oxime groups is 1. The lowest BCUT2D eigenvalue weighted by Crippen LogP contribution is -2.36. The molecule has 2 aliphatic rings. The van der Waals surface area contributed by atoms with Gasteiger partial charge in [-0.1, -0.05) is 35.5 Å². The summed E-state index contributed by atoms with van der Waals surface area (Å²) >= 11 is 0. The number of rotatable bonds is 3. The van der Waals surface area contributed by atoms with E-state index >= 15 is 0 Å². The van der Waals surface area contributed by atoms with Crippen molar-refractivity contribution in [3.05, 3.63) is 41.7 Å². The Hall–Kier alpha value is -2.28. The molecule has 4 rings (SSSR count). The molecule has 1 saturated heterocycles. The van der Waals surface area contributed by atoms with Crippen LogP contribution in [-0.2, 0) is 16.1 Å². The number of hydrogen-bond donors (Lipinski definition) is 0. The van der Waals surface area contributed by atoms with Crippen molar-refractivity contribution < 1.29 is 9.57 Å². The van der Waals surface area contributed by atoms with Crippen molar-refractivity contribution in [2.75, 3.05) is 6.61 Å². The average Bonchev–Trinajstić information content (AvgIpc) is 3.03. The van der Waals surface area contributed by atoms with E-state index < -0.39 is 0 Å². The molecule has 7 heteroatoms. The van der Waals surface area contributed by atoms with Gasteiger partial charge in [-0.3, -0.25) is 0 Å². The molecule has 0 aliphatic carbocycles. The van der Waals surface area contributed by atoms with E-state index in [0.29, 0.717) is 18.3 Å². The molecule has 1 aromatic carbocycles. The van der Waals surface area contributed by atoms with Crippen molar-refractivity contribution in [3.8, 4) is 0 Å². The first-order valence-corrected chi connectivity index (χ1v) is 7.55. The SMILES string of the molecule is c1ccc(Cn2nnnc2C2=NOC3OCCCC3C2)cc1. The minimum Gasteiger partial charge on any atom is -0.363 e. The Morgan fingerprint density at radius 3 is 3.05 bits per heavy atom. The Balaban J connectivity index is 1.56. The number of nitrogens with zero attached hydrogens (tertiary/aromatic N) is 5. The van der Waals surface area contributed by atoms with Gasteiger partial charge in [-0.2, -0.15) is 0 Å². The van der Waals surface area contributed by atoms with Crippen molar-refractivity contribution in [2.45, 2.75) is 32.1 Å². The van der Waals surface area contributed by atoms with Crippen LogP contribution >= 0.6 is 0 Å². The molecule has 114 valence electrons. The highest BCUT2D eigenvalue weighted by Crippen LogP contribution is 2.29. The number of ether oxygens (including phenoxy) is 1. The topological polar surface area (TPSA) is 74.4 Å². The Morgan fingerprint density at radius 2 is 2.14 bits per heavy atom. The van der Waals surface area contributed by atoms with Crippen molar-refractivity contribution in [1.29, 1.82) is 0 Å². The Labute approximate surface area is 127 Å². The molecular weight excluding hydrogens is 282 g/mol. The van der Waals surface area contributed by atoms with Crippen LogP contribution in [0.3, 0.4) is 0 Å². The van der Waals surface area contributed by atoms with Crippen molar-refractivity contribution in [2.24, 2.45) is 11.1 Å². The lowest BCUT2D eigenvalue weighted by Gasteiger charge is -2.32. The minimum atomic E-state index is -0.212. The van der Waals surface area contributed by atoms with Crippen LogP contribution in [-0.4, -0.2) is 38.8 Å². The summed E-state index contributed by atoms with van der Waals surface area (Å²) in [4.78, 5) is 5.48. The molecule has 0 spiro atoms. The molecule has 2 aliphatic heterocycles. The number of benzene rings is 1. The molecule has 7 nitrogen and oxygen atoms in total. The normalized spacial score (nSPS) is 24.3. The van der Waals surface area contributed by atoms with E-state index in [1.165, 1.54) is 0 Å². The molecule has 1 fully saturated rings. The highest BCUT2D eigenvalue weighted by Gasteiger charge is 2.34.